The molecule has 140 valence electrons. The smallest absolute Gasteiger partial charge is 0.242 e. The van der Waals surface area contributed by atoms with Crippen molar-refractivity contribution in [2.45, 2.75) is 59.5 Å². The zero-order valence-electron chi connectivity index (χ0n) is 15.4. The van der Waals surface area contributed by atoms with Crippen molar-refractivity contribution in [1.29, 1.82) is 0 Å². The highest BCUT2D eigenvalue weighted by Crippen LogP contribution is 2.24. The molecule has 0 fully saturated rings. The SMILES string of the molecule is CCCC(=O)N(Cc1ccc(Cl)cc1Cl)[C@@H](CC)C(=O)NCC(C)C. The molecule has 1 aromatic rings. The lowest BCUT2D eigenvalue weighted by Crippen LogP contribution is -2.49. The van der Waals surface area contributed by atoms with Crippen LogP contribution >= 0.6 is 23.2 Å². The van der Waals surface area contributed by atoms with Crippen LogP contribution in [0.1, 0.15) is 52.5 Å². The Morgan fingerprint density at radius 3 is 2.40 bits per heavy atom. The highest BCUT2D eigenvalue weighted by molar-refractivity contribution is 6.35. The van der Waals surface area contributed by atoms with E-state index in [1.807, 2.05) is 27.7 Å². The Morgan fingerprint density at radius 2 is 1.88 bits per heavy atom. The van der Waals surface area contributed by atoms with Crippen LogP contribution in [0.5, 0.6) is 0 Å². The first-order valence-electron chi connectivity index (χ1n) is 8.81. The first-order valence-corrected chi connectivity index (χ1v) is 9.56. The molecule has 1 N–H and O–H groups in total. The maximum absolute atomic E-state index is 12.6. The van der Waals surface area contributed by atoms with E-state index in [2.05, 4.69) is 5.32 Å². The van der Waals surface area contributed by atoms with Gasteiger partial charge in [0.2, 0.25) is 11.8 Å². The minimum Gasteiger partial charge on any atom is -0.354 e. The second-order valence-electron chi connectivity index (χ2n) is 6.57. The van der Waals surface area contributed by atoms with Crippen molar-refractivity contribution in [3.05, 3.63) is 33.8 Å². The average Bonchev–Trinajstić information content (AvgIpc) is 2.54. The van der Waals surface area contributed by atoms with Crippen LogP contribution in [0.2, 0.25) is 10.0 Å². The number of amides is 2. The molecule has 0 unspecified atom stereocenters. The van der Waals surface area contributed by atoms with Crippen molar-refractivity contribution in [3.8, 4) is 0 Å². The van der Waals surface area contributed by atoms with E-state index < -0.39 is 6.04 Å². The van der Waals surface area contributed by atoms with Crippen LogP contribution in [0, 0.1) is 5.92 Å². The molecule has 0 bridgehead atoms. The van der Waals surface area contributed by atoms with Gasteiger partial charge in [0.1, 0.15) is 6.04 Å². The van der Waals surface area contributed by atoms with E-state index in [0.717, 1.165) is 12.0 Å². The van der Waals surface area contributed by atoms with Crippen LogP contribution in [-0.4, -0.2) is 29.3 Å². The number of nitrogens with zero attached hydrogens (tertiary/aromatic N) is 1. The quantitative estimate of drug-likeness (QED) is 0.669. The maximum Gasteiger partial charge on any atom is 0.242 e. The van der Waals surface area contributed by atoms with Gasteiger partial charge in [0.15, 0.2) is 0 Å². The largest absolute Gasteiger partial charge is 0.354 e. The summed E-state index contributed by atoms with van der Waals surface area (Å²) < 4.78 is 0. The molecule has 1 rings (SSSR count). The van der Waals surface area contributed by atoms with Gasteiger partial charge in [-0.15, -0.1) is 0 Å². The summed E-state index contributed by atoms with van der Waals surface area (Å²) >= 11 is 12.2. The number of hydrogen-bond acceptors (Lipinski definition) is 2. The summed E-state index contributed by atoms with van der Waals surface area (Å²) in [5, 5.41) is 3.98. The Bertz CT molecular complexity index is 591. The van der Waals surface area contributed by atoms with E-state index in [-0.39, 0.29) is 11.8 Å². The zero-order chi connectivity index (χ0) is 19.0. The lowest BCUT2D eigenvalue weighted by molar-refractivity contribution is -0.141. The molecule has 0 aromatic heterocycles. The third-order valence-corrected chi connectivity index (χ3v) is 4.48. The van der Waals surface area contributed by atoms with Gasteiger partial charge in [0, 0.05) is 29.6 Å². The number of carbonyl (C=O) groups is 2. The summed E-state index contributed by atoms with van der Waals surface area (Å²) in [5.41, 5.74) is 0.783. The van der Waals surface area contributed by atoms with Gasteiger partial charge in [0.25, 0.3) is 0 Å². The molecule has 0 aliphatic carbocycles. The zero-order valence-corrected chi connectivity index (χ0v) is 17.0. The minimum absolute atomic E-state index is 0.0416. The van der Waals surface area contributed by atoms with Crippen molar-refractivity contribution in [2.75, 3.05) is 6.54 Å². The predicted octanol–water partition coefficient (Wildman–Crippen LogP) is 4.67. The van der Waals surface area contributed by atoms with Crippen molar-refractivity contribution in [3.63, 3.8) is 0 Å². The molecule has 4 nitrogen and oxygen atoms in total. The van der Waals surface area contributed by atoms with Crippen LogP contribution in [0.15, 0.2) is 18.2 Å². The van der Waals surface area contributed by atoms with Gasteiger partial charge < -0.3 is 10.2 Å². The Labute approximate surface area is 160 Å². The first-order chi connectivity index (χ1) is 11.8. The number of rotatable bonds is 9. The number of nitrogens with one attached hydrogen (secondary N) is 1. The molecule has 0 saturated heterocycles. The maximum atomic E-state index is 12.6. The number of carbonyl (C=O) groups excluding carboxylic acids is 2. The molecular formula is C19H28Cl2N2O2. The van der Waals surface area contributed by atoms with E-state index in [4.69, 9.17) is 23.2 Å². The lowest BCUT2D eigenvalue weighted by Gasteiger charge is -2.31. The summed E-state index contributed by atoms with van der Waals surface area (Å²) in [6.45, 7) is 8.82. The fourth-order valence-corrected chi connectivity index (χ4v) is 3.00. The molecular weight excluding hydrogens is 359 g/mol. The van der Waals surface area contributed by atoms with Gasteiger partial charge in [-0.1, -0.05) is 57.0 Å². The molecule has 1 atom stereocenters. The van der Waals surface area contributed by atoms with Crippen LogP contribution < -0.4 is 5.32 Å². The number of benzene rings is 1. The molecule has 25 heavy (non-hydrogen) atoms. The molecule has 1 aromatic carbocycles. The van der Waals surface area contributed by atoms with Crippen LogP contribution in [-0.2, 0) is 16.1 Å². The van der Waals surface area contributed by atoms with E-state index in [0.29, 0.717) is 41.9 Å². The van der Waals surface area contributed by atoms with Crippen molar-refractivity contribution < 1.29 is 9.59 Å². The lowest BCUT2D eigenvalue weighted by atomic mass is 10.1. The average molecular weight is 387 g/mol. The number of halogens is 2. The summed E-state index contributed by atoms with van der Waals surface area (Å²) in [5.74, 6) is 0.192. The molecule has 0 heterocycles. The highest BCUT2D eigenvalue weighted by Gasteiger charge is 2.28. The van der Waals surface area contributed by atoms with E-state index in [1.54, 1.807) is 23.1 Å². The molecule has 0 aliphatic rings. The van der Waals surface area contributed by atoms with Crippen LogP contribution in [0.4, 0.5) is 0 Å². The van der Waals surface area contributed by atoms with Crippen LogP contribution in [0.25, 0.3) is 0 Å². The normalized spacial score (nSPS) is 12.1. The molecule has 0 saturated carbocycles. The molecule has 6 heteroatoms. The number of hydrogen-bond donors (Lipinski definition) is 1. The van der Waals surface area contributed by atoms with Gasteiger partial charge in [-0.3, -0.25) is 9.59 Å². The fourth-order valence-electron chi connectivity index (χ4n) is 2.53. The van der Waals surface area contributed by atoms with E-state index in [9.17, 15) is 9.59 Å². The van der Waals surface area contributed by atoms with Gasteiger partial charge >= 0.3 is 0 Å². The Morgan fingerprint density at radius 1 is 1.20 bits per heavy atom. The fraction of sp³-hybridized carbons (Fsp3) is 0.579. The van der Waals surface area contributed by atoms with Crippen molar-refractivity contribution in [2.24, 2.45) is 5.92 Å². The van der Waals surface area contributed by atoms with Gasteiger partial charge in [0.05, 0.1) is 0 Å². The second kappa shape index (κ2) is 10.7. The molecule has 0 aliphatic heterocycles. The van der Waals surface area contributed by atoms with E-state index >= 15 is 0 Å². The minimum atomic E-state index is -0.510. The highest BCUT2D eigenvalue weighted by atomic mass is 35.5. The molecule has 0 radical (unpaired) electrons. The van der Waals surface area contributed by atoms with Gasteiger partial charge in [-0.05, 0) is 36.5 Å². The second-order valence-corrected chi connectivity index (χ2v) is 7.41. The molecule has 0 spiro atoms. The topological polar surface area (TPSA) is 49.4 Å². The third-order valence-electron chi connectivity index (χ3n) is 3.89. The van der Waals surface area contributed by atoms with E-state index in [1.165, 1.54) is 0 Å². The monoisotopic (exact) mass is 386 g/mol. The van der Waals surface area contributed by atoms with Crippen molar-refractivity contribution >= 4 is 35.0 Å². The van der Waals surface area contributed by atoms with Gasteiger partial charge in [-0.25, -0.2) is 0 Å². The predicted molar refractivity (Wildman–Crippen MR) is 104 cm³/mol. The first kappa shape index (κ1) is 21.8. The standard InChI is InChI=1S/C19H28Cl2N2O2/c1-5-7-18(24)23(12-14-8-9-15(20)10-16(14)21)17(6-2)19(25)22-11-13(3)4/h8-10,13,17H,5-7,11-12H2,1-4H3,(H,22,25)/t17-/m0/s1. The summed E-state index contributed by atoms with van der Waals surface area (Å²) in [7, 11) is 0. The Balaban J connectivity index is 3.04. The van der Waals surface area contributed by atoms with Crippen molar-refractivity contribution in [1.82, 2.24) is 10.2 Å². The Kier molecular flexibility index (Phi) is 9.30. The summed E-state index contributed by atoms with van der Waals surface area (Å²) in [4.78, 5) is 26.9. The molecule has 2 amide bonds. The van der Waals surface area contributed by atoms with Crippen LogP contribution in [0.3, 0.4) is 0 Å². The summed E-state index contributed by atoms with van der Waals surface area (Å²) in [6, 6.07) is 4.69. The third kappa shape index (κ3) is 6.87. The van der Waals surface area contributed by atoms with Gasteiger partial charge in [-0.2, -0.15) is 0 Å². The Hall–Kier alpha value is -1.26. The summed E-state index contributed by atoms with van der Waals surface area (Å²) in [6.07, 6.45) is 1.68.